The molecule has 1 N–H and O–H groups in total. The van der Waals surface area contributed by atoms with Crippen LogP contribution in [0, 0.1) is 0 Å². The van der Waals surface area contributed by atoms with Crippen LogP contribution in [0.25, 0.3) is 5.57 Å². The van der Waals surface area contributed by atoms with E-state index in [0.29, 0.717) is 23.5 Å². The number of likely N-dealkylation sites (N-methyl/N-ethyl adjacent to an activating group) is 1. The van der Waals surface area contributed by atoms with Crippen LogP contribution in [0.1, 0.15) is 77.3 Å². The van der Waals surface area contributed by atoms with Gasteiger partial charge >= 0.3 is 5.97 Å². The van der Waals surface area contributed by atoms with Gasteiger partial charge in [-0.1, -0.05) is 64.3 Å². The van der Waals surface area contributed by atoms with Gasteiger partial charge in [-0.15, -0.1) is 4.37 Å². The van der Waals surface area contributed by atoms with Crippen LogP contribution in [0.3, 0.4) is 0 Å². The number of carbonyl (C=O) groups excluding carboxylic acids is 1. The maximum Gasteiger partial charge on any atom is 0.307 e. The largest absolute Gasteiger partial charge is 0.475 e. The van der Waals surface area contributed by atoms with E-state index >= 15 is 0 Å². The number of hydrogen-bond acceptors (Lipinski definition) is 7. The Labute approximate surface area is 209 Å². The molecule has 7 nitrogen and oxygen atoms in total. The highest BCUT2D eigenvalue weighted by atomic mass is 32.1. The van der Waals surface area contributed by atoms with E-state index < -0.39 is 0 Å². The number of esters is 1. The summed E-state index contributed by atoms with van der Waals surface area (Å²) in [6, 6.07) is 9.97. The number of aromatic nitrogens is 2. The van der Waals surface area contributed by atoms with Crippen molar-refractivity contribution in [3.63, 3.8) is 0 Å². The lowest BCUT2D eigenvalue weighted by atomic mass is 10.0. The van der Waals surface area contributed by atoms with Crippen LogP contribution in [0.5, 0.6) is 5.88 Å². The van der Waals surface area contributed by atoms with Crippen molar-refractivity contribution in [3.8, 4) is 5.88 Å². The second-order valence-corrected chi connectivity index (χ2v) is 8.61. The van der Waals surface area contributed by atoms with Crippen LogP contribution in [-0.4, -0.2) is 58.2 Å². The molecule has 2 unspecified atom stereocenters. The molecule has 2 heterocycles. The Morgan fingerprint density at radius 3 is 2.50 bits per heavy atom. The Balaban J connectivity index is 0.00000137. The number of benzene rings is 1. The Morgan fingerprint density at radius 1 is 1.15 bits per heavy atom. The molecule has 0 spiro atoms. The van der Waals surface area contributed by atoms with Gasteiger partial charge in [0.25, 0.3) is 12.1 Å². The van der Waals surface area contributed by atoms with Gasteiger partial charge in [0, 0.05) is 26.0 Å². The van der Waals surface area contributed by atoms with Gasteiger partial charge in [-0.3, -0.25) is 9.28 Å². The number of nitrogens with zero attached hydrogens (tertiary/aromatic N) is 3. The minimum absolute atomic E-state index is 0.272. The molecule has 190 valence electrons. The van der Waals surface area contributed by atoms with E-state index in [0.717, 1.165) is 43.3 Å². The van der Waals surface area contributed by atoms with Gasteiger partial charge in [-0.2, -0.15) is 4.37 Å². The van der Waals surface area contributed by atoms with Gasteiger partial charge in [0.2, 0.25) is 0 Å². The summed E-state index contributed by atoms with van der Waals surface area (Å²) in [5.74, 6) is 0.352. The van der Waals surface area contributed by atoms with Gasteiger partial charge in [0.15, 0.2) is 0 Å². The normalized spacial score (nSPS) is 17.8. The molecule has 2 aromatic rings. The fraction of sp³-hybridized carbons (Fsp3) is 0.577. The molecule has 0 saturated carbocycles. The van der Waals surface area contributed by atoms with Crippen LogP contribution < -0.4 is 4.74 Å². The van der Waals surface area contributed by atoms with Crippen molar-refractivity contribution in [1.29, 1.82) is 0 Å². The monoisotopic (exact) mass is 492 g/mol. The van der Waals surface area contributed by atoms with E-state index in [9.17, 15) is 4.79 Å². The third-order valence-corrected chi connectivity index (χ3v) is 6.00. The SMILES string of the molecule is CC.CCCCCCOc1nsnc1C1=CCC[N+](C)(C(OC(C)=O)c2ccccc2)C1.CO. The van der Waals surface area contributed by atoms with E-state index in [1.54, 1.807) is 0 Å². The number of aliphatic hydroxyl groups excluding tert-OH is 1. The zero-order valence-corrected chi connectivity index (χ0v) is 22.4. The topological polar surface area (TPSA) is 81.5 Å². The van der Waals surface area contributed by atoms with Gasteiger partial charge in [0.1, 0.15) is 12.2 Å². The molecule has 1 aliphatic heterocycles. The van der Waals surface area contributed by atoms with Crippen LogP contribution in [0.4, 0.5) is 0 Å². The highest BCUT2D eigenvalue weighted by molar-refractivity contribution is 6.99. The second-order valence-electron chi connectivity index (χ2n) is 8.08. The second kappa shape index (κ2) is 16.4. The molecular formula is C26H42N3O4S+. The van der Waals surface area contributed by atoms with Gasteiger partial charge in [0.05, 0.1) is 37.5 Å². The molecule has 2 atom stereocenters. The van der Waals surface area contributed by atoms with Crippen molar-refractivity contribution >= 4 is 23.3 Å². The Morgan fingerprint density at radius 2 is 1.85 bits per heavy atom. The molecule has 0 bridgehead atoms. The van der Waals surface area contributed by atoms with Crippen molar-refractivity contribution in [2.24, 2.45) is 0 Å². The number of rotatable bonds is 10. The fourth-order valence-electron chi connectivity index (χ4n) is 3.94. The zero-order chi connectivity index (χ0) is 25.4. The zero-order valence-electron chi connectivity index (χ0n) is 21.6. The van der Waals surface area contributed by atoms with Crippen molar-refractivity contribution in [2.45, 2.75) is 66.0 Å². The third kappa shape index (κ3) is 8.81. The predicted octanol–water partition coefficient (Wildman–Crippen LogP) is 5.63. The standard InChI is InChI=1S/C23H32N3O3S.C2H6.CH4O/c1-4-5-6-10-16-28-22-21(24-30-25-22)20-14-11-15-26(3,17-20)23(29-18(2)27)19-12-8-7-9-13-19;2*1-2/h7-9,12-14,23H,4-6,10-11,15-17H2,1-3H3;1-2H3;2H,1H3/q+1;;. The molecule has 0 saturated heterocycles. The molecule has 8 heteroatoms. The van der Waals surface area contributed by atoms with Gasteiger partial charge in [-0.05, 0) is 18.6 Å². The highest BCUT2D eigenvalue weighted by Gasteiger charge is 2.40. The van der Waals surface area contributed by atoms with E-state index in [1.165, 1.54) is 37.9 Å². The summed E-state index contributed by atoms with van der Waals surface area (Å²) in [5, 5.41) is 7.00. The molecule has 3 rings (SSSR count). The summed E-state index contributed by atoms with van der Waals surface area (Å²) in [4.78, 5) is 11.9. The molecule has 1 aromatic carbocycles. The smallest absolute Gasteiger partial charge is 0.307 e. The van der Waals surface area contributed by atoms with E-state index in [2.05, 4.69) is 28.8 Å². The quantitative estimate of drug-likeness (QED) is 0.263. The lowest BCUT2D eigenvalue weighted by Gasteiger charge is -2.42. The molecule has 0 amide bonds. The summed E-state index contributed by atoms with van der Waals surface area (Å²) < 4.78 is 21.3. The van der Waals surface area contributed by atoms with Crippen molar-refractivity contribution in [1.82, 2.24) is 8.75 Å². The van der Waals surface area contributed by atoms with Crippen LogP contribution >= 0.6 is 11.7 Å². The number of carbonyl (C=O) groups is 1. The van der Waals surface area contributed by atoms with Crippen molar-refractivity contribution in [2.75, 3.05) is 33.9 Å². The first-order valence-electron chi connectivity index (χ1n) is 12.2. The molecule has 34 heavy (non-hydrogen) atoms. The molecule has 1 aliphatic rings. The van der Waals surface area contributed by atoms with E-state index in [-0.39, 0.29) is 12.2 Å². The van der Waals surface area contributed by atoms with Gasteiger partial charge in [-0.25, -0.2) is 0 Å². The maximum atomic E-state index is 11.9. The van der Waals surface area contributed by atoms with Gasteiger partial charge < -0.3 is 14.6 Å². The lowest BCUT2D eigenvalue weighted by Crippen LogP contribution is -2.51. The number of hydrogen-bond donors (Lipinski definition) is 1. The first-order valence-corrected chi connectivity index (χ1v) is 12.9. The maximum absolute atomic E-state index is 11.9. The van der Waals surface area contributed by atoms with Crippen LogP contribution in [0.2, 0.25) is 0 Å². The lowest BCUT2D eigenvalue weighted by molar-refractivity contribution is -0.953. The summed E-state index contributed by atoms with van der Waals surface area (Å²) in [6.45, 7) is 9.91. The number of quaternary nitrogens is 1. The van der Waals surface area contributed by atoms with Crippen LogP contribution in [0.15, 0.2) is 36.4 Å². The molecule has 0 fully saturated rings. The number of unbranched alkanes of at least 4 members (excludes halogenated alkanes) is 3. The van der Waals surface area contributed by atoms with Crippen molar-refractivity contribution in [3.05, 3.63) is 47.7 Å². The van der Waals surface area contributed by atoms with E-state index in [4.69, 9.17) is 14.6 Å². The number of ether oxygens (including phenoxy) is 2. The van der Waals surface area contributed by atoms with E-state index in [1.807, 2.05) is 44.2 Å². The highest BCUT2D eigenvalue weighted by Crippen LogP contribution is 2.36. The first-order chi connectivity index (χ1) is 16.5. The summed E-state index contributed by atoms with van der Waals surface area (Å²) in [5.41, 5.74) is 2.93. The molecule has 0 aliphatic carbocycles. The molecule has 0 radical (unpaired) electrons. The summed E-state index contributed by atoms with van der Waals surface area (Å²) >= 11 is 1.19. The van der Waals surface area contributed by atoms with Crippen molar-refractivity contribution < 1.29 is 23.9 Å². The van der Waals surface area contributed by atoms with Crippen LogP contribution in [-0.2, 0) is 9.53 Å². The summed E-state index contributed by atoms with van der Waals surface area (Å²) in [7, 11) is 3.14. The predicted molar refractivity (Wildman–Crippen MR) is 138 cm³/mol. The first kappa shape index (κ1) is 29.7. The Bertz CT molecular complexity index is 857. The average molecular weight is 493 g/mol. The Hall–Kier alpha value is -2.29. The average Bonchev–Trinajstić information content (AvgIpc) is 3.34. The fourth-order valence-corrected chi connectivity index (χ4v) is 4.47. The molecular weight excluding hydrogens is 450 g/mol. The Kier molecular flexibility index (Phi) is 14.3. The third-order valence-electron chi connectivity index (χ3n) is 5.49. The molecule has 1 aromatic heterocycles. The minimum atomic E-state index is -0.364. The summed E-state index contributed by atoms with van der Waals surface area (Å²) in [6.07, 6.45) is 7.36. The number of aliphatic hydroxyl groups is 1. The minimum Gasteiger partial charge on any atom is -0.475 e.